The Hall–Kier alpha value is -1.50. The summed E-state index contributed by atoms with van der Waals surface area (Å²) in [6, 6.07) is 3.10. The second kappa shape index (κ2) is 8.07. The van der Waals surface area contributed by atoms with Crippen molar-refractivity contribution in [3.63, 3.8) is 0 Å². The van der Waals surface area contributed by atoms with E-state index in [1.807, 2.05) is 19.0 Å². The molecular weight excluding hydrogens is 272 g/mol. The van der Waals surface area contributed by atoms with E-state index in [4.69, 9.17) is 19.9 Å². The average Bonchev–Trinajstić information content (AvgIpc) is 2.49. The molecule has 2 unspecified atom stereocenters. The molecule has 21 heavy (non-hydrogen) atoms. The maximum Gasteiger partial charge on any atom is 0.203 e. The van der Waals surface area contributed by atoms with Crippen molar-refractivity contribution in [3.05, 3.63) is 17.7 Å². The molecule has 120 valence electrons. The Morgan fingerprint density at radius 3 is 2.19 bits per heavy atom. The van der Waals surface area contributed by atoms with Crippen molar-refractivity contribution in [2.75, 3.05) is 42.0 Å². The monoisotopic (exact) mass is 298 g/mol. The lowest BCUT2D eigenvalue weighted by Gasteiger charge is -2.24. The summed E-state index contributed by atoms with van der Waals surface area (Å²) in [5.41, 5.74) is 6.68. The Morgan fingerprint density at radius 2 is 1.71 bits per heavy atom. The van der Waals surface area contributed by atoms with Crippen molar-refractivity contribution in [1.82, 2.24) is 4.90 Å². The third-order valence-electron chi connectivity index (χ3n) is 3.37. The molecule has 0 saturated heterocycles. The largest absolute Gasteiger partial charge is 0.493 e. The number of benzene rings is 1. The summed E-state index contributed by atoms with van der Waals surface area (Å²) in [6.45, 7) is 0.799. The van der Waals surface area contributed by atoms with Crippen LogP contribution >= 0.6 is 0 Å². The first-order chi connectivity index (χ1) is 9.96. The van der Waals surface area contributed by atoms with Crippen LogP contribution in [0.25, 0.3) is 0 Å². The van der Waals surface area contributed by atoms with Crippen molar-refractivity contribution < 1.29 is 19.3 Å². The number of hydrogen-bond acceptors (Lipinski definition) is 6. The van der Waals surface area contributed by atoms with Gasteiger partial charge in [-0.25, -0.2) is 0 Å². The zero-order valence-corrected chi connectivity index (χ0v) is 13.4. The normalized spacial score (nSPS) is 13.9. The van der Waals surface area contributed by atoms with Crippen LogP contribution in [-0.4, -0.2) is 58.0 Å². The second-order valence-corrected chi connectivity index (χ2v) is 5.12. The molecule has 0 aromatic heterocycles. The highest BCUT2D eigenvalue weighted by atomic mass is 16.5. The van der Waals surface area contributed by atoms with Gasteiger partial charge in [0, 0.05) is 11.6 Å². The van der Waals surface area contributed by atoms with Gasteiger partial charge in [-0.15, -0.1) is 0 Å². The van der Waals surface area contributed by atoms with Gasteiger partial charge in [-0.2, -0.15) is 0 Å². The second-order valence-electron chi connectivity index (χ2n) is 5.12. The topological polar surface area (TPSA) is 77.2 Å². The first-order valence-electron chi connectivity index (χ1n) is 6.83. The first kappa shape index (κ1) is 17.6. The van der Waals surface area contributed by atoms with Gasteiger partial charge in [-0.05, 0) is 39.2 Å². The summed E-state index contributed by atoms with van der Waals surface area (Å²) in [5.74, 6) is 1.45. The average molecular weight is 298 g/mol. The van der Waals surface area contributed by atoms with Gasteiger partial charge in [0.2, 0.25) is 5.75 Å². The molecule has 2 atom stereocenters. The molecular formula is C15H26N2O4. The Bertz CT molecular complexity index is 452. The van der Waals surface area contributed by atoms with Gasteiger partial charge in [0.25, 0.3) is 0 Å². The minimum absolute atomic E-state index is 0.389. The number of hydrogen-bond donors (Lipinski definition) is 2. The van der Waals surface area contributed by atoms with E-state index in [-0.39, 0.29) is 6.04 Å². The molecule has 0 aliphatic heterocycles. The molecule has 0 fully saturated rings. The third-order valence-corrected chi connectivity index (χ3v) is 3.37. The number of aliphatic hydroxyl groups is 1. The summed E-state index contributed by atoms with van der Waals surface area (Å²) in [6.07, 6.45) is -0.161. The molecule has 6 heteroatoms. The van der Waals surface area contributed by atoms with Crippen LogP contribution in [0, 0.1) is 0 Å². The molecule has 1 aromatic carbocycles. The van der Waals surface area contributed by atoms with Crippen molar-refractivity contribution in [3.8, 4) is 17.2 Å². The molecule has 0 aliphatic carbocycles. The highest BCUT2D eigenvalue weighted by Crippen LogP contribution is 2.42. The number of rotatable bonds is 8. The first-order valence-corrected chi connectivity index (χ1v) is 6.83. The Balaban J connectivity index is 3.06. The molecule has 0 heterocycles. The quantitative estimate of drug-likeness (QED) is 0.746. The van der Waals surface area contributed by atoms with E-state index in [2.05, 4.69) is 0 Å². The zero-order chi connectivity index (χ0) is 16.0. The van der Waals surface area contributed by atoms with Crippen LogP contribution < -0.4 is 19.9 Å². The van der Waals surface area contributed by atoms with Gasteiger partial charge in [-0.1, -0.05) is 0 Å². The van der Waals surface area contributed by atoms with Gasteiger partial charge >= 0.3 is 0 Å². The number of methoxy groups -OCH3 is 3. The van der Waals surface area contributed by atoms with Crippen LogP contribution in [-0.2, 0) is 0 Å². The smallest absolute Gasteiger partial charge is 0.203 e. The summed E-state index contributed by atoms with van der Waals surface area (Å²) in [7, 11) is 8.55. The maximum absolute atomic E-state index is 10.5. The van der Waals surface area contributed by atoms with Gasteiger partial charge in [0.1, 0.15) is 0 Å². The molecule has 0 aliphatic rings. The highest BCUT2D eigenvalue weighted by Gasteiger charge is 2.25. The molecule has 0 radical (unpaired) electrons. The Morgan fingerprint density at radius 1 is 1.10 bits per heavy atom. The van der Waals surface area contributed by atoms with Crippen molar-refractivity contribution in [2.45, 2.75) is 18.6 Å². The molecule has 1 aromatic rings. The lowest BCUT2D eigenvalue weighted by molar-refractivity contribution is 0.133. The van der Waals surface area contributed by atoms with Crippen LogP contribution in [0.3, 0.4) is 0 Å². The van der Waals surface area contributed by atoms with Gasteiger partial charge in [0.05, 0.1) is 27.4 Å². The highest BCUT2D eigenvalue weighted by molar-refractivity contribution is 5.56. The van der Waals surface area contributed by atoms with Gasteiger partial charge < -0.3 is 30.0 Å². The van der Waals surface area contributed by atoms with E-state index in [0.717, 1.165) is 6.54 Å². The summed E-state index contributed by atoms with van der Waals surface area (Å²) in [5, 5.41) is 10.5. The fourth-order valence-electron chi connectivity index (χ4n) is 2.15. The molecule has 0 spiro atoms. The summed E-state index contributed by atoms with van der Waals surface area (Å²) < 4.78 is 15.9. The molecule has 3 N–H and O–H groups in total. The van der Waals surface area contributed by atoms with Crippen LogP contribution in [0.15, 0.2) is 12.1 Å². The van der Waals surface area contributed by atoms with E-state index in [1.165, 1.54) is 14.2 Å². The van der Waals surface area contributed by atoms with E-state index in [0.29, 0.717) is 29.2 Å². The van der Waals surface area contributed by atoms with E-state index < -0.39 is 6.10 Å². The lowest BCUT2D eigenvalue weighted by atomic mass is 9.98. The molecule has 0 bridgehead atoms. The molecule has 6 nitrogen and oxygen atoms in total. The molecule has 0 amide bonds. The fourth-order valence-corrected chi connectivity index (χ4v) is 2.15. The van der Waals surface area contributed by atoms with Crippen LogP contribution in [0.4, 0.5) is 0 Å². The van der Waals surface area contributed by atoms with Crippen LogP contribution in [0.1, 0.15) is 18.1 Å². The van der Waals surface area contributed by atoms with Crippen molar-refractivity contribution >= 4 is 0 Å². The maximum atomic E-state index is 10.5. The minimum Gasteiger partial charge on any atom is -0.493 e. The van der Waals surface area contributed by atoms with Gasteiger partial charge in [0.15, 0.2) is 11.5 Å². The third kappa shape index (κ3) is 4.23. The summed E-state index contributed by atoms with van der Waals surface area (Å²) >= 11 is 0. The molecule has 0 saturated carbocycles. The fraction of sp³-hybridized carbons (Fsp3) is 0.600. The van der Waals surface area contributed by atoms with Crippen molar-refractivity contribution in [2.24, 2.45) is 5.73 Å². The summed E-state index contributed by atoms with van der Waals surface area (Å²) in [4.78, 5) is 2.03. The number of nitrogens with zero attached hydrogens (tertiary/aromatic N) is 1. The van der Waals surface area contributed by atoms with Crippen LogP contribution in [0.5, 0.6) is 17.2 Å². The number of aliphatic hydroxyl groups excluding tert-OH is 1. The van der Waals surface area contributed by atoms with E-state index in [9.17, 15) is 5.11 Å². The number of nitrogens with two attached hydrogens (primary N) is 1. The predicted molar refractivity (Wildman–Crippen MR) is 82.2 cm³/mol. The van der Waals surface area contributed by atoms with E-state index >= 15 is 0 Å². The van der Waals surface area contributed by atoms with Gasteiger partial charge in [-0.3, -0.25) is 0 Å². The standard InChI is InChI=1S/C15H26N2O4/c1-17(2)9-8-11(16)13(18)10-6-7-12(19-3)15(21-5)14(10)20-4/h6-7,11,13,18H,8-9,16H2,1-5H3. The Kier molecular flexibility index (Phi) is 6.74. The molecule has 1 rings (SSSR count). The lowest BCUT2D eigenvalue weighted by Crippen LogP contribution is -2.32. The zero-order valence-electron chi connectivity index (χ0n) is 13.4. The number of ether oxygens (including phenoxy) is 3. The van der Waals surface area contributed by atoms with Crippen LogP contribution in [0.2, 0.25) is 0 Å². The van der Waals surface area contributed by atoms with Crippen molar-refractivity contribution in [1.29, 1.82) is 0 Å². The predicted octanol–water partition coefficient (Wildman–Crippen LogP) is 1.02. The Labute approximate surface area is 126 Å². The SMILES string of the molecule is COc1ccc(C(O)C(N)CCN(C)C)c(OC)c1OC. The minimum atomic E-state index is -0.834. The van der Waals surface area contributed by atoms with E-state index in [1.54, 1.807) is 19.2 Å².